The zero-order chi connectivity index (χ0) is 17.1. The van der Waals surface area contributed by atoms with Crippen LogP contribution in [0, 0.1) is 0 Å². The van der Waals surface area contributed by atoms with Crippen LogP contribution in [0.15, 0.2) is 30.3 Å². The van der Waals surface area contributed by atoms with Crippen LogP contribution in [0.2, 0.25) is 0 Å². The summed E-state index contributed by atoms with van der Waals surface area (Å²) in [6.45, 7) is 5.26. The molecule has 1 aromatic carbocycles. The van der Waals surface area contributed by atoms with Gasteiger partial charge in [0.2, 0.25) is 0 Å². The molecular weight excluding hydrogens is 296 g/mol. The van der Waals surface area contributed by atoms with E-state index in [0.717, 1.165) is 18.5 Å². The molecule has 1 rings (SSSR count). The van der Waals surface area contributed by atoms with E-state index >= 15 is 0 Å². The van der Waals surface area contributed by atoms with Crippen LogP contribution < -0.4 is 15.7 Å². The maximum absolute atomic E-state index is 11.7. The van der Waals surface area contributed by atoms with Crippen LogP contribution in [-0.4, -0.2) is 30.7 Å². The minimum absolute atomic E-state index is 0.107. The molecule has 0 aromatic heterocycles. The van der Waals surface area contributed by atoms with E-state index in [0.29, 0.717) is 18.9 Å². The summed E-state index contributed by atoms with van der Waals surface area (Å²) >= 11 is 0. The van der Waals surface area contributed by atoms with E-state index in [9.17, 15) is 14.7 Å². The zero-order valence-corrected chi connectivity index (χ0v) is 13.8. The maximum atomic E-state index is 11.7. The fourth-order valence-corrected chi connectivity index (χ4v) is 2.10. The largest absolute Gasteiger partial charge is 0.548 e. The van der Waals surface area contributed by atoms with E-state index in [1.807, 2.05) is 30.3 Å². The van der Waals surface area contributed by atoms with Gasteiger partial charge in [0.25, 0.3) is 0 Å². The Morgan fingerprint density at radius 2 is 1.91 bits per heavy atom. The number of unbranched alkanes of at least 4 members (excludes halogenated alkanes) is 1. The molecular formula is C17H26N2O4. The molecule has 6 nitrogen and oxygen atoms in total. The molecule has 0 saturated carbocycles. The van der Waals surface area contributed by atoms with Gasteiger partial charge in [-0.3, -0.25) is 0 Å². The molecule has 0 unspecified atom stereocenters. The molecule has 0 spiro atoms. The van der Waals surface area contributed by atoms with Gasteiger partial charge in [0.1, 0.15) is 6.61 Å². The fraction of sp³-hybridized carbons (Fsp3) is 0.529. The summed E-state index contributed by atoms with van der Waals surface area (Å²) < 4.78 is 5.02. The monoisotopic (exact) mass is 322 g/mol. The van der Waals surface area contributed by atoms with Gasteiger partial charge in [0.15, 0.2) is 0 Å². The number of ether oxygens (including phenoxy) is 1. The lowest BCUT2D eigenvalue weighted by atomic mass is 10.1. The second-order valence-electron chi connectivity index (χ2n) is 5.84. The number of hydrogen-bond acceptors (Lipinski definition) is 4. The topological polar surface area (TPSA) is 95.1 Å². The number of carboxylic acid groups (broad SMARTS) is 1. The van der Waals surface area contributed by atoms with Crippen LogP contribution in [0.4, 0.5) is 4.79 Å². The molecule has 0 aliphatic rings. The molecule has 128 valence electrons. The average molecular weight is 322 g/mol. The van der Waals surface area contributed by atoms with Gasteiger partial charge in [-0.2, -0.15) is 0 Å². The fourth-order valence-electron chi connectivity index (χ4n) is 2.10. The SMILES string of the molecule is CC(C)[NH2+]CCCC[C@H](NC(=O)OCc1ccccc1)C(=O)[O-]. The minimum atomic E-state index is -1.28. The Morgan fingerprint density at radius 1 is 1.22 bits per heavy atom. The van der Waals surface area contributed by atoms with Crippen molar-refractivity contribution < 1.29 is 24.7 Å². The Labute approximate surface area is 137 Å². The van der Waals surface area contributed by atoms with Crippen LogP contribution >= 0.6 is 0 Å². The summed E-state index contributed by atoms with van der Waals surface area (Å²) in [7, 11) is 0. The van der Waals surface area contributed by atoms with Crippen LogP contribution in [0.5, 0.6) is 0 Å². The Morgan fingerprint density at radius 3 is 2.52 bits per heavy atom. The highest BCUT2D eigenvalue weighted by Gasteiger charge is 2.14. The molecule has 23 heavy (non-hydrogen) atoms. The molecule has 1 aromatic rings. The van der Waals surface area contributed by atoms with Crippen LogP contribution in [-0.2, 0) is 16.1 Å². The maximum Gasteiger partial charge on any atom is 0.407 e. The summed E-state index contributed by atoms with van der Waals surface area (Å²) in [4.78, 5) is 22.8. The standard InChI is InChI=1S/C17H26N2O4/c1-13(2)18-11-7-6-10-15(16(20)21)19-17(22)23-12-14-8-4-3-5-9-14/h3-5,8-9,13,15,18H,6-7,10-12H2,1-2H3,(H,19,22)(H,20,21)/t15-/m0/s1. The number of aliphatic carboxylic acids is 1. The highest BCUT2D eigenvalue weighted by molar-refractivity contribution is 5.78. The minimum Gasteiger partial charge on any atom is -0.548 e. The number of rotatable bonds is 10. The van der Waals surface area contributed by atoms with Gasteiger partial charge in [-0.15, -0.1) is 0 Å². The van der Waals surface area contributed by atoms with E-state index < -0.39 is 18.1 Å². The van der Waals surface area contributed by atoms with Crippen LogP contribution in [0.3, 0.4) is 0 Å². The number of carboxylic acids is 1. The molecule has 0 aliphatic carbocycles. The second kappa shape index (κ2) is 10.6. The second-order valence-corrected chi connectivity index (χ2v) is 5.84. The van der Waals surface area contributed by atoms with Crippen molar-refractivity contribution in [1.82, 2.24) is 5.32 Å². The molecule has 0 aliphatic heterocycles. The number of nitrogens with one attached hydrogen (secondary N) is 1. The van der Waals surface area contributed by atoms with E-state index in [1.165, 1.54) is 0 Å². The first kappa shape index (κ1) is 19.0. The lowest BCUT2D eigenvalue weighted by molar-refractivity contribution is -0.683. The van der Waals surface area contributed by atoms with Gasteiger partial charge < -0.3 is 25.3 Å². The highest BCUT2D eigenvalue weighted by atomic mass is 16.5. The number of alkyl carbamates (subject to hydrolysis) is 1. The first-order valence-electron chi connectivity index (χ1n) is 8.00. The van der Waals surface area contributed by atoms with Crippen molar-refractivity contribution in [3.05, 3.63) is 35.9 Å². The number of carbonyl (C=O) groups is 2. The quantitative estimate of drug-likeness (QED) is 0.601. The third kappa shape index (κ3) is 8.83. The number of benzene rings is 1. The Kier molecular flexibility index (Phi) is 8.75. The van der Waals surface area contributed by atoms with E-state index in [4.69, 9.17) is 4.74 Å². The Bertz CT molecular complexity index is 477. The predicted molar refractivity (Wildman–Crippen MR) is 84.3 cm³/mol. The summed E-state index contributed by atoms with van der Waals surface area (Å²) in [5.74, 6) is -1.28. The number of nitrogens with two attached hydrogens (primary N) is 1. The molecule has 0 fully saturated rings. The zero-order valence-electron chi connectivity index (χ0n) is 13.8. The molecule has 6 heteroatoms. The van der Waals surface area contributed by atoms with Gasteiger partial charge in [-0.05, 0) is 38.7 Å². The summed E-state index contributed by atoms with van der Waals surface area (Å²) in [6.07, 6.45) is 1.20. The Hall–Kier alpha value is -2.08. The predicted octanol–water partition coefficient (Wildman–Crippen LogP) is 0.173. The first-order chi connectivity index (χ1) is 11.0. The van der Waals surface area contributed by atoms with Crippen molar-refractivity contribution in [2.24, 2.45) is 0 Å². The number of amides is 1. The van der Waals surface area contributed by atoms with Crippen molar-refractivity contribution >= 4 is 12.1 Å². The smallest absolute Gasteiger partial charge is 0.407 e. The van der Waals surface area contributed by atoms with E-state index in [1.54, 1.807) is 0 Å². The molecule has 3 N–H and O–H groups in total. The van der Waals surface area contributed by atoms with Crippen molar-refractivity contribution in [3.8, 4) is 0 Å². The van der Waals surface area contributed by atoms with Gasteiger partial charge in [0.05, 0.1) is 24.6 Å². The summed E-state index contributed by atoms with van der Waals surface area (Å²) in [5, 5.41) is 15.6. The van der Waals surface area contributed by atoms with Crippen molar-refractivity contribution in [3.63, 3.8) is 0 Å². The summed E-state index contributed by atoms with van der Waals surface area (Å²) in [5.41, 5.74) is 0.844. The third-order valence-electron chi connectivity index (χ3n) is 3.37. The molecule has 0 radical (unpaired) electrons. The molecule has 0 bridgehead atoms. The number of carbonyl (C=O) groups excluding carboxylic acids is 2. The van der Waals surface area contributed by atoms with Gasteiger partial charge in [0, 0.05) is 0 Å². The molecule has 1 atom stereocenters. The van der Waals surface area contributed by atoms with Crippen molar-refractivity contribution in [2.45, 2.75) is 51.8 Å². The lowest BCUT2D eigenvalue weighted by Crippen LogP contribution is -2.88. The molecule has 0 saturated heterocycles. The van der Waals surface area contributed by atoms with Gasteiger partial charge in [-0.25, -0.2) is 4.79 Å². The summed E-state index contributed by atoms with van der Waals surface area (Å²) in [6, 6.07) is 8.72. The van der Waals surface area contributed by atoms with Crippen molar-refractivity contribution in [2.75, 3.05) is 6.54 Å². The van der Waals surface area contributed by atoms with Crippen LogP contribution in [0.25, 0.3) is 0 Å². The van der Waals surface area contributed by atoms with E-state index in [2.05, 4.69) is 24.5 Å². The van der Waals surface area contributed by atoms with Gasteiger partial charge >= 0.3 is 6.09 Å². The van der Waals surface area contributed by atoms with Crippen molar-refractivity contribution in [1.29, 1.82) is 0 Å². The first-order valence-corrected chi connectivity index (χ1v) is 8.00. The molecule has 1 amide bonds. The highest BCUT2D eigenvalue weighted by Crippen LogP contribution is 2.03. The molecule has 0 heterocycles. The third-order valence-corrected chi connectivity index (χ3v) is 3.37. The number of quaternary nitrogens is 1. The average Bonchev–Trinajstić information content (AvgIpc) is 2.52. The number of hydrogen-bond donors (Lipinski definition) is 2. The van der Waals surface area contributed by atoms with E-state index in [-0.39, 0.29) is 6.61 Å². The lowest BCUT2D eigenvalue weighted by Gasteiger charge is -2.19. The Balaban J connectivity index is 2.28. The van der Waals surface area contributed by atoms with Gasteiger partial charge in [-0.1, -0.05) is 30.3 Å². The normalized spacial score (nSPS) is 12.0. The van der Waals surface area contributed by atoms with Crippen LogP contribution in [0.1, 0.15) is 38.7 Å².